The van der Waals surface area contributed by atoms with E-state index >= 15 is 0 Å². The van der Waals surface area contributed by atoms with E-state index in [4.69, 9.17) is 4.74 Å². The van der Waals surface area contributed by atoms with Crippen LogP contribution in [0.4, 0.5) is 0 Å². The predicted octanol–water partition coefficient (Wildman–Crippen LogP) is 6.71. The Morgan fingerprint density at radius 1 is 0.550 bits per heavy atom. The van der Waals surface area contributed by atoms with Crippen LogP contribution in [0.1, 0.15) is 103 Å². The monoisotopic (exact) mass is 283 g/mol. The molecule has 0 saturated carbocycles. The molecule has 0 fully saturated rings. The first kappa shape index (κ1) is 20.0. The van der Waals surface area contributed by atoms with Crippen molar-refractivity contribution >= 4 is 0 Å². The summed E-state index contributed by atoms with van der Waals surface area (Å²) in [6.07, 6.45) is 20.3. The first-order chi connectivity index (χ1) is 9.91. The van der Waals surface area contributed by atoms with Crippen molar-refractivity contribution < 1.29 is 4.74 Å². The molecule has 0 N–H and O–H groups in total. The summed E-state index contributed by atoms with van der Waals surface area (Å²) in [6.45, 7) is 8.07. The molecule has 0 aliphatic heterocycles. The fraction of sp³-hybridized carbons (Fsp3) is 0.947. The molecule has 0 heterocycles. The van der Waals surface area contributed by atoms with Crippen molar-refractivity contribution in [2.45, 2.75) is 103 Å². The zero-order chi connectivity index (χ0) is 14.7. The van der Waals surface area contributed by atoms with Gasteiger partial charge < -0.3 is 4.74 Å². The second-order valence-electron chi connectivity index (χ2n) is 6.06. The Morgan fingerprint density at radius 3 is 1.40 bits per heavy atom. The number of rotatable bonds is 17. The van der Waals surface area contributed by atoms with Gasteiger partial charge in [0.15, 0.2) is 0 Å². The van der Waals surface area contributed by atoms with Gasteiger partial charge in [0.25, 0.3) is 0 Å². The van der Waals surface area contributed by atoms with Gasteiger partial charge in [-0.15, -0.1) is 0 Å². The summed E-state index contributed by atoms with van der Waals surface area (Å²) in [5.41, 5.74) is 0. The van der Waals surface area contributed by atoms with Crippen molar-refractivity contribution in [1.82, 2.24) is 0 Å². The van der Waals surface area contributed by atoms with Gasteiger partial charge in [0, 0.05) is 13.2 Å². The topological polar surface area (TPSA) is 9.23 Å². The minimum absolute atomic E-state index is 0.956. The Bertz CT molecular complexity index is 138. The fourth-order valence-corrected chi connectivity index (χ4v) is 2.53. The van der Waals surface area contributed by atoms with Crippen LogP contribution in [0.25, 0.3) is 0 Å². The van der Waals surface area contributed by atoms with Crippen LogP contribution in [-0.4, -0.2) is 13.2 Å². The maximum atomic E-state index is 5.64. The Hall–Kier alpha value is -0.0400. The van der Waals surface area contributed by atoms with Crippen LogP contribution in [0.5, 0.6) is 0 Å². The molecule has 0 aromatic heterocycles. The van der Waals surface area contributed by atoms with Gasteiger partial charge in [-0.25, -0.2) is 0 Å². The van der Waals surface area contributed by atoms with Crippen LogP contribution < -0.4 is 0 Å². The predicted molar refractivity (Wildman–Crippen MR) is 91.1 cm³/mol. The third-order valence-electron chi connectivity index (χ3n) is 3.93. The van der Waals surface area contributed by atoms with E-state index in [1.807, 2.05) is 0 Å². The molecular weight excluding hydrogens is 244 g/mol. The molecule has 0 aliphatic carbocycles. The standard InChI is InChI=1S/C19H39O/c1-3-5-7-9-10-11-12-13-14-15-17-19-20-18-16-8-6-4-2/h2-19H2,1H3. The van der Waals surface area contributed by atoms with E-state index in [1.54, 1.807) is 0 Å². The highest BCUT2D eigenvalue weighted by molar-refractivity contribution is 4.48. The molecule has 1 nitrogen and oxygen atoms in total. The number of hydrogen-bond donors (Lipinski definition) is 0. The quantitative estimate of drug-likeness (QED) is 0.270. The zero-order valence-corrected chi connectivity index (χ0v) is 14.1. The van der Waals surface area contributed by atoms with E-state index in [-0.39, 0.29) is 0 Å². The number of unbranched alkanes of at least 4 members (excludes halogenated alkanes) is 13. The Balaban J connectivity index is 2.89. The maximum Gasteiger partial charge on any atom is 0.0466 e. The maximum absolute atomic E-state index is 5.64. The molecule has 0 atom stereocenters. The molecule has 0 aliphatic rings. The third-order valence-corrected chi connectivity index (χ3v) is 3.93. The van der Waals surface area contributed by atoms with Crippen LogP contribution in [0.15, 0.2) is 0 Å². The summed E-state index contributed by atoms with van der Waals surface area (Å²) in [4.78, 5) is 0. The van der Waals surface area contributed by atoms with Crippen LogP contribution in [0, 0.1) is 6.92 Å². The molecule has 0 bridgehead atoms. The van der Waals surface area contributed by atoms with E-state index in [2.05, 4.69) is 13.8 Å². The van der Waals surface area contributed by atoms with E-state index in [0.717, 1.165) is 19.6 Å². The van der Waals surface area contributed by atoms with Gasteiger partial charge in [-0.05, 0) is 12.8 Å². The first-order valence-corrected chi connectivity index (χ1v) is 9.28. The van der Waals surface area contributed by atoms with Gasteiger partial charge >= 0.3 is 0 Å². The summed E-state index contributed by atoms with van der Waals surface area (Å²) in [5, 5.41) is 0. The molecule has 1 heteroatoms. The molecule has 0 amide bonds. The molecule has 0 aromatic carbocycles. The molecule has 121 valence electrons. The summed E-state index contributed by atoms with van der Waals surface area (Å²) < 4.78 is 5.64. The van der Waals surface area contributed by atoms with E-state index in [0.29, 0.717) is 0 Å². The van der Waals surface area contributed by atoms with Crippen LogP contribution in [0.2, 0.25) is 0 Å². The minimum atomic E-state index is 0.956. The largest absolute Gasteiger partial charge is 0.381 e. The average molecular weight is 284 g/mol. The van der Waals surface area contributed by atoms with Crippen molar-refractivity contribution in [3.63, 3.8) is 0 Å². The minimum Gasteiger partial charge on any atom is -0.381 e. The fourth-order valence-electron chi connectivity index (χ4n) is 2.53. The molecule has 0 saturated heterocycles. The smallest absolute Gasteiger partial charge is 0.0466 e. The summed E-state index contributed by atoms with van der Waals surface area (Å²) >= 11 is 0. The van der Waals surface area contributed by atoms with E-state index < -0.39 is 0 Å². The highest BCUT2D eigenvalue weighted by Gasteiger charge is 1.94. The molecule has 0 spiro atoms. The van der Waals surface area contributed by atoms with Gasteiger partial charge in [0.05, 0.1) is 0 Å². The van der Waals surface area contributed by atoms with Crippen LogP contribution in [-0.2, 0) is 4.74 Å². The van der Waals surface area contributed by atoms with Gasteiger partial charge in [0.2, 0.25) is 0 Å². The van der Waals surface area contributed by atoms with Crippen LogP contribution >= 0.6 is 0 Å². The molecule has 0 rings (SSSR count). The zero-order valence-electron chi connectivity index (χ0n) is 14.1. The number of ether oxygens (including phenoxy) is 1. The Kier molecular flexibility index (Phi) is 18.9. The third kappa shape index (κ3) is 18.0. The Morgan fingerprint density at radius 2 is 0.950 bits per heavy atom. The second-order valence-corrected chi connectivity index (χ2v) is 6.06. The lowest BCUT2D eigenvalue weighted by atomic mass is 10.1. The van der Waals surface area contributed by atoms with Crippen molar-refractivity contribution in [2.75, 3.05) is 13.2 Å². The molecule has 0 aromatic rings. The lowest BCUT2D eigenvalue weighted by Gasteiger charge is -2.04. The molecular formula is C19H39O. The van der Waals surface area contributed by atoms with Crippen molar-refractivity contribution in [3.05, 3.63) is 6.92 Å². The Labute approximate surface area is 128 Å². The van der Waals surface area contributed by atoms with Gasteiger partial charge in [-0.2, -0.15) is 0 Å². The summed E-state index contributed by atoms with van der Waals surface area (Å²) in [7, 11) is 0. The van der Waals surface area contributed by atoms with Gasteiger partial charge in [-0.3, -0.25) is 0 Å². The molecule has 20 heavy (non-hydrogen) atoms. The van der Waals surface area contributed by atoms with E-state index in [9.17, 15) is 0 Å². The number of hydrogen-bond acceptors (Lipinski definition) is 1. The summed E-state index contributed by atoms with van der Waals surface area (Å²) in [5.74, 6) is 0. The highest BCUT2D eigenvalue weighted by atomic mass is 16.5. The lowest BCUT2D eigenvalue weighted by Crippen LogP contribution is -1.97. The van der Waals surface area contributed by atoms with Crippen LogP contribution in [0.3, 0.4) is 0 Å². The van der Waals surface area contributed by atoms with Crippen molar-refractivity contribution in [3.8, 4) is 0 Å². The van der Waals surface area contributed by atoms with E-state index in [1.165, 1.54) is 89.9 Å². The van der Waals surface area contributed by atoms with Gasteiger partial charge in [-0.1, -0.05) is 97.3 Å². The summed E-state index contributed by atoms with van der Waals surface area (Å²) in [6, 6.07) is 0. The van der Waals surface area contributed by atoms with Crippen molar-refractivity contribution in [2.24, 2.45) is 0 Å². The first-order valence-electron chi connectivity index (χ1n) is 9.28. The highest BCUT2D eigenvalue weighted by Crippen LogP contribution is 2.11. The average Bonchev–Trinajstić information content (AvgIpc) is 2.47. The normalized spacial score (nSPS) is 11.1. The SMILES string of the molecule is [CH2]CCCCCOCCCCCCCCCCCCC. The van der Waals surface area contributed by atoms with Gasteiger partial charge in [0.1, 0.15) is 0 Å². The van der Waals surface area contributed by atoms with Crippen molar-refractivity contribution in [1.29, 1.82) is 0 Å². The lowest BCUT2D eigenvalue weighted by molar-refractivity contribution is 0.126. The molecule has 1 radical (unpaired) electrons. The molecule has 0 unspecified atom stereocenters. The second kappa shape index (κ2) is 19.0.